The quantitative estimate of drug-likeness (QED) is 0.841. The maximum atomic E-state index is 11.8. The number of nitrogens with one attached hydrogen (secondary N) is 1. The first-order chi connectivity index (χ1) is 6.79. The van der Waals surface area contributed by atoms with Crippen molar-refractivity contribution >= 4 is 33.4 Å². The van der Waals surface area contributed by atoms with E-state index in [1.807, 2.05) is 20.8 Å². The van der Waals surface area contributed by atoms with Crippen molar-refractivity contribution in [1.82, 2.24) is 5.32 Å². The average Bonchev–Trinajstić information content (AvgIpc) is 1.99. The Morgan fingerprint density at radius 3 is 2.47 bits per heavy atom. The Morgan fingerprint density at radius 1 is 1.40 bits per heavy atom. The average molecular weight is 291 g/mol. The molecule has 0 saturated carbocycles. The van der Waals surface area contributed by atoms with Crippen LogP contribution >= 0.6 is 27.5 Å². The van der Waals surface area contributed by atoms with Crippen LogP contribution in [0.4, 0.5) is 0 Å². The molecule has 1 rings (SSSR count). The van der Waals surface area contributed by atoms with Crippen LogP contribution in [-0.2, 0) is 0 Å². The molecule has 0 aliphatic rings. The topological polar surface area (TPSA) is 29.1 Å². The van der Waals surface area contributed by atoms with Crippen LogP contribution in [0.1, 0.15) is 31.1 Å². The molecule has 0 aliphatic heterocycles. The van der Waals surface area contributed by atoms with Crippen molar-refractivity contribution in [2.75, 3.05) is 0 Å². The third-order valence-electron chi connectivity index (χ3n) is 1.66. The number of carbonyl (C=O) groups excluding carboxylic acids is 1. The minimum Gasteiger partial charge on any atom is -0.347 e. The van der Waals surface area contributed by atoms with Gasteiger partial charge in [0.05, 0.1) is 10.6 Å². The summed E-state index contributed by atoms with van der Waals surface area (Å²) in [6.45, 7) is 5.78. The highest BCUT2D eigenvalue weighted by molar-refractivity contribution is 9.10. The SMILES string of the molecule is CC(C)(C)NC(=O)c1ccc(Br)cc1Cl. The second-order valence-electron chi connectivity index (χ2n) is 4.33. The minimum atomic E-state index is -0.256. The summed E-state index contributed by atoms with van der Waals surface area (Å²) < 4.78 is 0.861. The predicted octanol–water partition coefficient (Wildman–Crippen LogP) is 3.63. The third-order valence-corrected chi connectivity index (χ3v) is 2.47. The molecule has 0 atom stereocenters. The standard InChI is InChI=1S/C11H13BrClNO/c1-11(2,3)14-10(15)8-5-4-7(12)6-9(8)13/h4-6H,1-3H3,(H,14,15). The molecule has 1 aromatic rings. The zero-order valence-electron chi connectivity index (χ0n) is 8.90. The van der Waals surface area contributed by atoms with Crippen molar-refractivity contribution in [2.45, 2.75) is 26.3 Å². The van der Waals surface area contributed by atoms with E-state index in [1.54, 1.807) is 18.2 Å². The molecule has 0 fully saturated rings. The maximum Gasteiger partial charge on any atom is 0.253 e. The Kier molecular flexibility index (Phi) is 3.79. The zero-order valence-corrected chi connectivity index (χ0v) is 11.2. The predicted molar refractivity (Wildman–Crippen MR) is 66.4 cm³/mol. The lowest BCUT2D eigenvalue weighted by molar-refractivity contribution is 0.0919. The Balaban J connectivity index is 2.92. The van der Waals surface area contributed by atoms with Gasteiger partial charge in [0.2, 0.25) is 0 Å². The molecule has 1 aromatic carbocycles. The lowest BCUT2D eigenvalue weighted by atomic mass is 10.1. The Labute approximate surface area is 103 Å². The summed E-state index contributed by atoms with van der Waals surface area (Å²) in [6, 6.07) is 5.20. The molecule has 0 spiro atoms. The van der Waals surface area contributed by atoms with Crippen molar-refractivity contribution in [1.29, 1.82) is 0 Å². The molecular weight excluding hydrogens is 277 g/mol. The van der Waals surface area contributed by atoms with Gasteiger partial charge in [0.1, 0.15) is 0 Å². The Morgan fingerprint density at radius 2 is 2.00 bits per heavy atom. The lowest BCUT2D eigenvalue weighted by Crippen LogP contribution is -2.40. The van der Waals surface area contributed by atoms with Crippen LogP contribution in [0.2, 0.25) is 5.02 Å². The van der Waals surface area contributed by atoms with Gasteiger partial charge in [0.15, 0.2) is 0 Å². The first kappa shape index (κ1) is 12.5. The monoisotopic (exact) mass is 289 g/mol. The number of hydrogen-bond donors (Lipinski definition) is 1. The van der Waals surface area contributed by atoms with E-state index < -0.39 is 0 Å². The summed E-state index contributed by atoms with van der Waals surface area (Å²) in [5.74, 6) is -0.153. The largest absolute Gasteiger partial charge is 0.347 e. The smallest absolute Gasteiger partial charge is 0.253 e. The molecule has 15 heavy (non-hydrogen) atoms. The maximum absolute atomic E-state index is 11.8. The first-order valence-corrected chi connectivity index (χ1v) is 5.74. The number of benzene rings is 1. The van der Waals surface area contributed by atoms with Crippen LogP contribution in [0.5, 0.6) is 0 Å². The number of amides is 1. The molecule has 4 heteroatoms. The summed E-state index contributed by atoms with van der Waals surface area (Å²) in [7, 11) is 0. The second-order valence-corrected chi connectivity index (χ2v) is 5.65. The van der Waals surface area contributed by atoms with E-state index in [2.05, 4.69) is 21.2 Å². The molecule has 1 N–H and O–H groups in total. The Bertz CT molecular complexity index is 385. The molecule has 82 valence electrons. The van der Waals surface area contributed by atoms with Crippen molar-refractivity contribution in [3.63, 3.8) is 0 Å². The van der Waals surface area contributed by atoms with E-state index in [9.17, 15) is 4.79 Å². The fourth-order valence-corrected chi connectivity index (χ4v) is 1.84. The molecule has 0 unspecified atom stereocenters. The highest BCUT2D eigenvalue weighted by Crippen LogP contribution is 2.21. The number of carbonyl (C=O) groups is 1. The highest BCUT2D eigenvalue weighted by atomic mass is 79.9. The third kappa shape index (κ3) is 3.84. The fraction of sp³-hybridized carbons (Fsp3) is 0.364. The normalized spacial score (nSPS) is 11.3. The zero-order chi connectivity index (χ0) is 11.6. The van der Waals surface area contributed by atoms with Crippen LogP contribution in [0, 0.1) is 0 Å². The van der Waals surface area contributed by atoms with Crippen molar-refractivity contribution in [3.8, 4) is 0 Å². The lowest BCUT2D eigenvalue weighted by Gasteiger charge is -2.20. The molecule has 0 bridgehead atoms. The van der Waals surface area contributed by atoms with E-state index in [4.69, 9.17) is 11.6 Å². The summed E-state index contributed by atoms with van der Waals surface area (Å²) in [5, 5.41) is 3.31. The van der Waals surface area contributed by atoms with Crippen molar-refractivity contribution < 1.29 is 4.79 Å². The summed E-state index contributed by atoms with van der Waals surface area (Å²) in [6.07, 6.45) is 0. The van der Waals surface area contributed by atoms with E-state index in [0.717, 1.165) is 4.47 Å². The van der Waals surface area contributed by atoms with Gasteiger partial charge >= 0.3 is 0 Å². The van der Waals surface area contributed by atoms with Gasteiger partial charge in [-0.3, -0.25) is 4.79 Å². The van der Waals surface area contributed by atoms with Crippen LogP contribution in [0.15, 0.2) is 22.7 Å². The van der Waals surface area contributed by atoms with Gasteiger partial charge in [-0.15, -0.1) is 0 Å². The van der Waals surface area contributed by atoms with Crippen LogP contribution in [0.3, 0.4) is 0 Å². The first-order valence-electron chi connectivity index (χ1n) is 4.57. The molecule has 0 saturated heterocycles. The number of halogens is 2. The van der Waals surface area contributed by atoms with E-state index >= 15 is 0 Å². The number of rotatable bonds is 1. The fourth-order valence-electron chi connectivity index (χ4n) is 1.08. The van der Waals surface area contributed by atoms with Crippen LogP contribution < -0.4 is 5.32 Å². The van der Waals surface area contributed by atoms with Gasteiger partial charge in [0.25, 0.3) is 5.91 Å². The molecule has 2 nitrogen and oxygen atoms in total. The van der Waals surface area contributed by atoms with Gasteiger partial charge in [0, 0.05) is 10.0 Å². The minimum absolute atomic E-state index is 0.153. The van der Waals surface area contributed by atoms with Crippen molar-refractivity contribution in [3.05, 3.63) is 33.3 Å². The summed E-state index contributed by atoms with van der Waals surface area (Å²) >= 11 is 9.25. The van der Waals surface area contributed by atoms with Gasteiger partial charge in [-0.25, -0.2) is 0 Å². The van der Waals surface area contributed by atoms with E-state index in [0.29, 0.717) is 10.6 Å². The summed E-state index contributed by atoms with van der Waals surface area (Å²) in [5.41, 5.74) is 0.239. The van der Waals surface area contributed by atoms with Crippen molar-refractivity contribution in [2.24, 2.45) is 0 Å². The van der Waals surface area contributed by atoms with E-state index in [1.165, 1.54) is 0 Å². The molecule has 1 amide bonds. The molecule has 0 aliphatic carbocycles. The highest BCUT2D eigenvalue weighted by Gasteiger charge is 2.17. The van der Waals surface area contributed by atoms with Gasteiger partial charge < -0.3 is 5.32 Å². The van der Waals surface area contributed by atoms with Crippen LogP contribution in [-0.4, -0.2) is 11.4 Å². The second kappa shape index (κ2) is 4.54. The van der Waals surface area contributed by atoms with Gasteiger partial charge in [-0.1, -0.05) is 27.5 Å². The van der Waals surface area contributed by atoms with Crippen LogP contribution in [0.25, 0.3) is 0 Å². The number of hydrogen-bond acceptors (Lipinski definition) is 1. The molecule has 0 aromatic heterocycles. The molecular formula is C11H13BrClNO. The van der Waals surface area contributed by atoms with E-state index in [-0.39, 0.29) is 11.4 Å². The molecule has 0 heterocycles. The summed E-state index contributed by atoms with van der Waals surface area (Å²) in [4.78, 5) is 11.8. The molecule has 0 radical (unpaired) electrons. The Hall–Kier alpha value is -0.540. The van der Waals surface area contributed by atoms with Gasteiger partial charge in [-0.05, 0) is 39.0 Å². The van der Waals surface area contributed by atoms with Gasteiger partial charge in [-0.2, -0.15) is 0 Å².